The van der Waals surface area contributed by atoms with Crippen molar-refractivity contribution in [2.24, 2.45) is 5.16 Å². The summed E-state index contributed by atoms with van der Waals surface area (Å²) in [6, 6.07) is 20.2. The van der Waals surface area contributed by atoms with Crippen LogP contribution < -0.4 is 29.6 Å². The van der Waals surface area contributed by atoms with Gasteiger partial charge < -0.3 is 54.8 Å². The summed E-state index contributed by atoms with van der Waals surface area (Å²) in [5, 5.41) is 50.1. The lowest BCUT2D eigenvalue weighted by Crippen LogP contribution is -2.38. The number of amides is 1. The maximum Gasteiger partial charge on any atom is 0.255 e. The quantitative estimate of drug-likeness (QED) is 0.0565. The largest absolute Gasteiger partial charge is 0.497 e. The molecule has 4 aromatic carbocycles. The van der Waals surface area contributed by atoms with Gasteiger partial charge in [0.25, 0.3) is 5.91 Å². The molecular weight excluding hydrogens is 718 g/mol. The summed E-state index contributed by atoms with van der Waals surface area (Å²) < 4.78 is 23.0. The van der Waals surface area contributed by atoms with Gasteiger partial charge in [-0.3, -0.25) is 4.79 Å². The number of methoxy groups -OCH3 is 2. The summed E-state index contributed by atoms with van der Waals surface area (Å²) in [6.45, 7) is 0.118. The summed E-state index contributed by atoms with van der Waals surface area (Å²) in [7, 11) is 3.17. The van der Waals surface area contributed by atoms with Crippen LogP contribution in [0.25, 0.3) is 0 Å². The van der Waals surface area contributed by atoms with Gasteiger partial charge in [0.15, 0.2) is 17.6 Å². The van der Waals surface area contributed by atoms with E-state index in [2.05, 4.69) is 15.8 Å². The number of aliphatic hydroxyl groups excluding tert-OH is 4. The highest BCUT2D eigenvalue weighted by Gasteiger charge is 2.27. The van der Waals surface area contributed by atoms with Gasteiger partial charge >= 0.3 is 0 Å². The number of nitrogens with zero attached hydrogens (tertiary/aromatic N) is 1. The molecule has 4 aromatic rings. The van der Waals surface area contributed by atoms with Crippen molar-refractivity contribution in [3.05, 3.63) is 111 Å². The van der Waals surface area contributed by atoms with Gasteiger partial charge in [-0.05, 0) is 101 Å². The third-order valence-corrected chi connectivity index (χ3v) is 10.2. The molecule has 2 aliphatic heterocycles. The Morgan fingerprint density at radius 3 is 2.00 bits per heavy atom. The van der Waals surface area contributed by atoms with E-state index in [1.54, 1.807) is 38.5 Å². The van der Waals surface area contributed by atoms with Gasteiger partial charge in [0.2, 0.25) is 0 Å². The number of nitrogens with one attached hydrogen (secondary N) is 2. The Bertz CT molecular complexity index is 1980. The first-order chi connectivity index (χ1) is 27.4. The number of benzene rings is 4. The Balaban J connectivity index is 0.902. The maximum absolute atomic E-state index is 12.8. The summed E-state index contributed by atoms with van der Waals surface area (Å²) in [6.07, 6.45) is 5.61. The molecule has 1 amide bonds. The summed E-state index contributed by atoms with van der Waals surface area (Å²) in [5.74, 6) is 2.31. The molecule has 6 rings (SSSR count). The number of anilines is 1. The SMILES string of the molecule is COc1ccc2c(c1)C(=O)NC(c1ccc(OCCCCCCCCOc3cc(C4=NOC(c5cc(CO)c(CO)c(CO)c5)C4)ccc3OC)c(CO)c1)N2. The molecule has 2 heterocycles. The van der Waals surface area contributed by atoms with Gasteiger partial charge in [-0.2, -0.15) is 0 Å². The van der Waals surface area contributed by atoms with Crippen molar-refractivity contribution in [3.8, 4) is 23.0 Å². The van der Waals surface area contributed by atoms with Crippen molar-refractivity contribution < 1.29 is 49.0 Å². The van der Waals surface area contributed by atoms with Gasteiger partial charge in [-0.1, -0.05) is 36.9 Å². The molecular formula is C43H51N3O10. The minimum Gasteiger partial charge on any atom is -0.497 e. The van der Waals surface area contributed by atoms with E-state index in [1.807, 2.05) is 42.5 Å². The van der Waals surface area contributed by atoms with Crippen molar-refractivity contribution in [2.75, 3.05) is 32.8 Å². The fourth-order valence-corrected chi connectivity index (χ4v) is 7.04. The monoisotopic (exact) mass is 769 g/mol. The molecule has 0 saturated heterocycles. The molecule has 298 valence electrons. The number of ether oxygens (including phenoxy) is 4. The molecule has 0 fully saturated rings. The molecule has 2 unspecified atom stereocenters. The fraction of sp³-hybridized carbons (Fsp3) is 0.395. The van der Waals surface area contributed by atoms with E-state index < -0.39 is 12.3 Å². The average Bonchev–Trinajstić information content (AvgIpc) is 3.74. The molecule has 2 aliphatic rings. The molecule has 13 heteroatoms. The second-order valence-electron chi connectivity index (χ2n) is 13.8. The van der Waals surface area contributed by atoms with Crippen molar-refractivity contribution in [1.29, 1.82) is 0 Å². The van der Waals surface area contributed by atoms with Crippen LogP contribution in [0.5, 0.6) is 23.0 Å². The van der Waals surface area contributed by atoms with E-state index in [4.69, 9.17) is 23.8 Å². The van der Waals surface area contributed by atoms with Crippen molar-refractivity contribution in [2.45, 2.75) is 83.6 Å². The Kier molecular flexibility index (Phi) is 14.0. The van der Waals surface area contributed by atoms with Crippen LogP contribution in [0, 0.1) is 0 Å². The van der Waals surface area contributed by atoms with Crippen molar-refractivity contribution >= 4 is 17.3 Å². The zero-order chi connectivity index (χ0) is 39.4. The second-order valence-corrected chi connectivity index (χ2v) is 13.8. The molecule has 0 radical (unpaired) electrons. The molecule has 0 aliphatic carbocycles. The Morgan fingerprint density at radius 2 is 1.34 bits per heavy atom. The molecule has 6 N–H and O–H groups in total. The Morgan fingerprint density at radius 1 is 0.679 bits per heavy atom. The van der Waals surface area contributed by atoms with E-state index >= 15 is 0 Å². The number of carbonyl (C=O) groups is 1. The first kappa shape index (κ1) is 40.3. The van der Waals surface area contributed by atoms with Crippen LogP contribution in [0.4, 0.5) is 5.69 Å². The summed E-state index contributed by atoms with van der Waals surface area (Å²) >= 11 is 0. The highest BCUT2D eigenvalue weighted by Crippen LogP contribution is 2.36. The van der Waals surface area contributed by atoms with Crippen LogP contribution in [-0.4, -0.2) is 59.5 Å². The Labute approximate surface area is 326 Å². The molecule has 0 spiro atoms. The van der Waals surface area contributed by atoms with Crippen LogP contribution in [-0.2, 0) is 31.3 Å². The predicted molar refractivity (Wildman–Crippen MR) is 210 cm³/mol. The topological polar surface area (TPSA) is 181 Å². The normalized spacial score (nSPS) is 16.0. The number of carbonyl (C=O) groups excluding carboxylic acids is 1. The zero-order valence-corrected chi connectivity index (χ0v) is 31.9. The average molecular weight is 770 g/mol. The van der Waals surface area contributed by atoms with Gasteiger partial charge in [0.05, 0.1) is 65.1 Å². The minimum absolute atomic E-state index is 0.180. The number of aliphatic hydroxyl groups is 4. The first-order valence-corrected chi connectivity index (χ1v) is 19.0. The second kappa shape index (κ2) is 19.5. The van der Waals surface area contributed by atoms with Crippen LogP contribution >= 0.6 is 0 Å². The standard InChI is InChI=1S/C43H51N3O10/c1-52-33-11-12-36-34(21-33)43(51)45-42(44-36)28-10-13-38(32(17-28)25-49)54-15-7-5-3-4-6-8-16-55-41-20-27(9-14-39(41)53-2)37-22-40(56-46-37)29-18-30(23-47)35(26-50)31(19-29)24-48/h9-14,17-21,40,42,44,47-50H,3-8,15-16,22-26H2,1-2H3,(H,45,51). The smallest absolute Gasteiger partial charge is 0.255 e. The molecule has 13 nitrogen and oxygen atoms in total. The fourth-order valence-electron chi connectivity index (χ4n) is 7.04. The lowest BCUT2D eigenvalue weighted by molar-refractivity contribution is 0.0853. The van der Waals surface area contributed by atoms with E-state index in [-0.39, 0.29) is 32.3 Å². The summed E-state index contributed by atoms with van der Waals surface area (Å²) in [5.41, 5.74) is 6.72. The number of rotatable bonds is 20. The van der Waals surface area contributed by atoms with Gasteiger partial charge in [0, 0.05) is 23.2 Å². The summed E-state index contributed by atoms with van der Waals surface area (Å²) in [4.78, 5) is 18.5. The Hall–Kier alpha value is -5.34. The highest BCUT2D eigenvalue weighted by molar-refractivity contribution is 6.02. The van der Waals surface area contributed by atoms with E-state index in [9.17, 15) is 25.2 Å². The molecule has 0 saturated carbocycles. The molecule has 0 bridgehead atoms. The third kappa shape index (κ3) is 9.54. The lowest BCUT2D eigenvalue weighted by atomic mass is 9.93. The first-order valence-electron chi connectivity index (χ1n) is 19.0. The van der Waals surface area contributed by atoms with Gasteiger partial charge in [-0.15, -0.1) is 0 Å². The van der Waals surface area contributed by atoms with E-state index in [0.29, 0.717) is 76.1 Å². The number of unbranched alkanes of at least 4 members (excludes halogenated alkanes) is 5. The third-order valence-electron chi connectivity index (χ3n) is 10.2. The van der Waals surface area contributed by atoms with Crippen LogP contribution in [0.2, 0.25) is 0 Å². The minimum atomic E-state index is -0.440. The van der Waals surface area contributed by atoms with Crippen molar-refractivity contribution in [1.82, 2.24) is 5.32 Å². The lowest BCUT2D eigenvalue weighted by Gasteiger charge is -2.29. The van der Waals surface area contributed by atoms with Crippen LogP contribution in [0.1, 0.15) is 107 Å². The van der Waals surface area contributed by atoms with E-state index in [0.717, 1.165) is 60.9 Å². The van der Waals surface area contributed by atoms with Crippen LogP contribution in [0.3, 0.4) is 0 Å². The highest BCUT2D eigenvalue weighted by atomic mass is 16.6. The number of oxime groups is 1. The maximum atomic E-state index is 12.8. The molecule has 2 atom stereocenters. The van der Waals surface area contributed by atoms with E-state index in [1.165, 1.54) is 0 Å². The van der Waals surface area contributed by atoms with Crippen molar-refractivity contribution in [3.63, 3.8) is 0 Å². The van der Waals surface area contributed by atoms with Gasteiger partial charge in [0.1, 0.15) is 17.7 Å². The number of hydrogen-bond donors (Lipinski definition) is 6. The van der Waals surface area contributed by atoms with Crippen LogP contribution in [0.15, 0.2) is 71.9 Å². The predicted octanol–water partition coefficient (Wildman–Crippen LogP) is 6.19. The zero-order valence-electron chi connectivity index (χ0n) is 31.9. The molecule has 56 heavy (non-hydrogen) atoms. The van der Waals surface area contributed by atoms with Gasteiger partial charge in [-0.25, -0.2) is 0 Å². The number of fused-ring (bicyclic) bond motifs is 1. The number of hydrogen-bond acceptors (Lipinski definition) is 12. The molecule has 0 aromatic heterocycles.